The molecule has 1 saturated heterocycles. The van der Waals surface area contributed by atoms with Crippen LogP contribution in [0.2, 0.25) is 0 Å². The maximum absolute atomic E-state index is 13.4. The van der Waals surface area contributed by atoms with Crippen molar-refractivity contribution in [1.82, 2.24) is 24.4 Å². The second-order valence-corrected chi connectivity index (χ2v) is 6.79. The van der Waals surface area contributed by atoms with Gasteiger partial charge in [0.15, 0.2) is 11.3 Å². The fourth-order valence-electron chi connectivity index (χ4n) is 3.25. The zero-order valence-corrected chi connectivity index (χ0v) is 15.3. The van der Waals surface area contributed by atoms with E-state index >= 15 is 0 Å². The molecule has 4 heterocycles. The van der Waals surface area contributed by atoms with E-state index in [0.717, 1.165) is 10.9 Å². The highest BCUT2D eigenvalue weighted by atomic mass is 19.4. The third-order valence-corrected chi connectivity index (χ3v) is 4.69. The van der Waals surface area contributed by atoms with Crippen LogP contribution in [0.3, 0.4) is 0 Å². The summed E-state index contributed by atoms with van der Waals surface area (Å²) in [6.45, 7) is 0.981. The number of aryl methyl sites for hydroxylation is 1. The zero-order chi connectivity index (χ0) is 20.8. The first-order chi connectivity index (χ1) is 13.7. The highest BCUT2D eigenvalue weighted by Gasteiger charge is 2.38. The summed E-state index contributed by atoms with van der Waals surface area (Å²) in [5.41, 5.74) is -1.43. The number of carbonyl (C=O) groups is 1. The molecule has 0 bridgehead atoms. The van der Waals surface area contributed by atoms with Gasteiger partial charge >= 0.3 is 6.18 Å². The minimum Gasteiger partial charge on any atom is -0.356 e. The van der Waals surface area contributed by atoms with Gasteiger partial charge in [0, 0.05) is 32.5 Å². The van der Waals surface area contributed by atoms with Crippen LogP contribution < -0.4 is 10.2 Å². The highest BCUT2D eigenvalue weighted by molar-refractivity contribution is 6.08. The van der Waals surface area contributed by atoms with Crippen molar-refractivity contribution >= 4 is 23.1 Å². The molecular weight excluding hydrogens is 394 g/mol. The van der Waals surface area contributed by atoms with Crippen molar-refractivity contribution in [3.63, 3.8) is 0 Å². The molecule has 12 heteroatoms. The van der Waals surface area contributed by atoms with Crippen molar-refractivity contribution in [2.45, 2.75) is 25.2 Å². The van der Waals surface area contributed by atoms with Crippen molar-refractivity contribution in [2.24, 2.45) is 7.05 Å². The standard InChI is InChI=1S/C17H17F4N7O/c1-26-9-12(14(25-26)17(19,20)21)23-16(29)11-8-22-28-7-4-13(24-15(11)28)27-5-2-10(18)3-6-27/h4,7-10H,2-3,5-6H2,1H3,(H,23,29). The Morgan fingerprint density at radius 1 is 1.28 bits per heavy atom. The second kappa shape index (κ2) is 7.01. The number of hydrogen-bond acceptors (Lipinski definition) is 5. The largest absolute Gasteiger partial charge is 0.437 e. The fourth-order valence-corrected chi connectivity index (χ4v) is 3.25. The topological polar surface area (TPSA) is 80.4 Å². The van der Waals surface area contributed by atoms with Gasteiger partial charge in [0.05, 0.1) is 11.9 Å². The Kier molecular flexibility index (Phi) is 4.63. The maximum Gasteiger partial charge on any atom is 0.437 e. The van der Waals surface area contributed by atoms with Crippen LogP contribution >= 0.6 is 0 Å². The molecule has 0 aliphatic carbocycles. The third kappa shape index (κ3) is 3.74. The van der Waals surface area contributed by atoms with Gasteiger partial charge in [-0.1, -0.05) is 0 Å². The van der Waals surface area contributed by atoms with Gasteiger partial charge in [0.25, 0.3) is 5.91 Å². The van der Waals surface area contributed by atoms with Gasteiger partial charge in [0.2, 0.25) is 0 Å². The predicted octanol–water partition coefficient (Wildman–Crippen LogP) is 2.67. The summed E-state index contributed by atoms with van der Waals surface area (Å²) in [7, 11) is 1.33. The second-order valence-electron chi connectivity index (χ2n) is 6.79. The lowest BCUT2D eigenvalue weighted by Gasteiger charge is -2.29. The summed E-state index contributed by atoms with van der Waals surface area (Å²) in [5.74, 6) is -0.234. The highest BCUT2D eigenvalue weighted by Crippen LogP contribution is 2.33. The molecule has 3 aromatic heterocycles. The maximum atomic E-state index is 13.4. The lowest BCUT2D eigenvalue weighted by atomic mass is 10.1. The summed E-state index contributed by atoms with van der Waals surface area (Å²) in [5, 5.41) is 9.63. The number of hydrogen-bond donors (Lipinski definition) is 1. The Balaban J connectivity index is 1.62. The molecular formula is C17H17F4N7O. The molecule has 1 amide bonds. The number of amides is 1. The number of rotatable bonds is 3. The molecule has 0 aromatic carbocycles. The number of halogens is 4. The Hall–Kier alpha value is -3.18. The van der Waals surface area contributed by atoms with E-state index in [1.807, 2.05) is 4.90 Å². The molecule has 29 heavy (non-hydrogen) atoms. The summed E-state index contributed by atoms with van der Waals surface area (Å²) in [6, 6.07) is 1.70. The molecule has 0 saturated carbocycles. The first kappa shape index (κ1) is 19.2. The third-order valence-electron chi connectivity index (χ3n) is 4.69. The van der Waals surface area contributed by atoms with Crippen LogP contribution in [-0.2, 0) is 13.2 Å². The molecule has 8 nitrogen and oxygen atoms in total. The van der Waals surface area contributed by atoms with Gasteiger partial charge < -0.3 is 10.2 Å². The molecule has 3 aromatic rings. The van der Waals surface area contributed by atoms with Crippen LogP contribution in [0.25, 0.3) is 5.65 Å². The molecule has 0 unspecified atom stereocenters. The molecule has 0 radical (unpaired) electrons. The molecule has 1 N–H and O–H groups in total. The van der Waals surface area contributed by atoms with Crippen LogP contribution in [0.1, 0.15) is 28.9 Å². The van der Waals surface area contributed by atoms with Crippen LogP contribution in [0.15, 0.2) is 24.7 Å². The molecule has 1 aliphatic heterocycles. The Labute approximate surface area is 162 Å². The van der Waals surface area contributed by atoms with Crippen molar-refractivity contribution in [2.75, 3.05) is 23.3 Å². The molecule has 1 aliphatic rings. The fraction of sp³-hybridized carbons (Fsp3) is 0.412. The molecule has 0 spiro atoms. The van der Waals surface area contributed by atoms with Crippen molar-refractivity contribution in [1.29, 1.82) is 0 Å². The number of nitrogens with one attached hydrogen (secondary N) is 1. The summed E-state index contributed by atoms with van der Waals surface area (Å²) in [4.78, 5) is 19.0. The first-order valence-electron chi connectivity index (χ1n) is 8.88. The lowest BCUT2D eigenvalue weighted by Crippen LogP contribution is -2.35. The van der Waals surface area contributed by atoms with Gasteiger partial charge in [0.1, 0.15) is 17.6 Å². The van der Waals surface area contributed by atoms with E-state index in [4.69, 9.17) is 0 Å². The van der Waals surface area contributed by atoms with Gasteiger partial charge in [-0.2, -0.15) is 23.4 Å². The predicted molar refractivity (Wildman–Crippen MR) is 95.5 cm³/mol. The van der Waals surface area contributed by atoms with Crippen LogP contribution in [0, 0.1) is 0 Å². The zero-order valence-electron chi connectivity index (χ0n) is 15.3. The van der Waals surface area contributed by atoms with E-state index in [1.54, 1.807) is 12.3 Å². The molecule has 0 atom stereocenters. The van der Waals surface area contributed by atoms with E-state index in [1.165, 1.54) is 17.8 Å². The quantitative estimate of drug-likeness (QED) is 0.671. The number of alkyl halides is 4. The van der Waals surface area contributed by atoms with Gasteiger partial charge in [-0.05, 0) is 18.9 Å². The van der Waals surface area contributed by atoms with Crippen molar-refractivity contribution in [3.8, 4) is 0 Å². The van der Waals surface area contributed by atoms with E-state index in [9.17, 15) is 22.4 Å². The lowest BCUT2D eigenvalue weighted by molar-refractivity contribution is -0.140. The number of anilines is 2. The molecule has 1 fully saturated rings. The van der Waals surface area contributed by atoms with E-state index < -0.39 is 29.6 Å². The Morgan fingerprint density at radius 2 is 2.00 bits per heavy atom. The SMILES string of the molecule is Cn1cc(NC(=O)c2cnn3ccc(N4CCC(F)CC4)nc23)c(C(F)(F)F)n1. The van der Waals surface area contributed by atoms with E-state index in [2.05, 4.69) is 20.5 Å². The van der Waals surface area contributed by atoms with Gasteiger partial charge in [-0.3, -0.25) is 9.48 Å². The van der Waals surface area contributed by atoms with Gasteiger partial charge in [-0.15, -0.1) is 0 Å². The number of piperidine rings is 1. The summed E-state index contributed by atoms with van der Waals surface area (Å²) < 4.78 is 55.0. The summed E-state index contributed by atoms with van der Waals surface area (Å²) >= 11 is 0. The smallest absolute Gasteiger partial charge is 0.356 e. The van der Waals surface area contributed by atoms with Crippen LogP contribution in [0.4, 0.5) is 29.1 Å². The minimum atomic E-state index is -4.71. The van der Waals surface area contributed by atoms with Crippen LogP contribution in [-0.4, -0.2) is 49.5 Å². The monoisotopic (exact) mass is 411 g/mol. The summed E-state index contributed by atoms with van der Waals surface area (Å²) in [6.07, 6.45) is -0.860. The first-order valence-corrected chi connectivity index (χ1v) is 8.88. The number of nitrogens with zero attached hydrogens (tertiary/aromatic N) is 6. The van der Waals surface area contributed by atoms with E-state index in [0.29, 0.717) is 31.7 Å². The normalized spacial score (nSPS) is 15.8. The van der Waals surface area contributed by atoms with Crippen molar-refractivity contribution in [3.05, 3.63) is 35.9 Å². The molecule has 154 valence electrons. The average molecular weight is 411 g/mol. The van der Waals surface area contributed by atoms with E-state index in [-0.39, 0.29) is 11.2 Å². The Morgan fingerprint density at radius 3 is 2.69 bits per heavy atom. The van der Waals surface area contributed by atoms with Crippen LogP contribution in [0.5, 0.6) is 0 Å². The average Bonchev–Trinajstić information content (AvgIpc) is 3.25. The Bertz CT molecular complexity index is 1050. The number of fused-ring (bicyclic) bond motifs is 1. The minimum absolute atomic E-state index is 0.0178. The number of aromatic nitrogens is 5. The number of carbonyl (C=O) groups excluding carboxylic acids is 1. The molecule has 4 rings (SSSR count). The van der Waals surface area contributed by atoms with Crippen molar-refractivity contribution < 1.29 is 22.4 Å². The van der Waals surface area contributed by atoms with Gasteiger partial charge in [-0.25, -0.2) is 13.9 Å².